The molecule has 0 aromatic rings. The van der Waals surface area contributed by atoms with Gasteiger partial charge in [-0.3, -0.25) is 4.79 Å². The van der Waals surface area contributed by atoms with E-state index in [1.807, 2.05) is 6.08 Å². The summed E-state index contributed by atoms with van der Waals surface area (Å²) in [5.41, 5.74) is 0. The summed E-state index contributed by atoms with van der Waals surface area (Å²) in [7, 11) is 0. The van der Waals surface area contributed by atoms with Gasteiger partial charge in [0.15, 0.2) is 0 Å². The molecule has 2 unspecified atom stereocenters. The van der Waals surface area contributed by atoms with E-state index in [-0.39, 0.29) is 12.5 Å². The monoisotopic (exact) mass is 350 g/mol. The number of allylic oxidation sites excluding steroid dienone is 2. The molecule has 4 heteroatoms. The van der Waals surface area contributed by atoms with Crippen molar-refractivity contribution < 1.29 is 19.7 Å². The first-order valence-electron chi connectivity index (χ1n) is 10.0. The smallest absolute Gasteiger partial charge is 0.303 e. The molecule has 0 spiro atoms. The van der Waals surface area contributed by atoms with E-state index in [1.54, 1.807) is 0 Å². The van der Waals surface area contributed by atoms with Crippen molar-refractivity contribution in [2.45, 2.75) is 89.4 Å². The molecular weight excluding hydrogens is 316 g/mol. The molecule has 2 fully saturated rings. The Morgan fingerprint density at radius 1 is 1.20 bits per heavy atom. The van der Waals surface area contributed by atoms with E-state index >= 15 is 0 Å². The fraction of sp³-hybridized carbons (Fsp3) is 0.762. The number of carbonyl (C=O) groups is 1. The van der Waals surface area contributed by atoms with Crippen molar-refractivity contribution in [3.63, 3.8) is 0 Å². The second kappa shape index (κ2) is 10.8. The van der Waals surface area contributed by atoms with E-state index in [0.29, 0.717) is 30.5 Å². The first-order valence-corrected chi connectivity index (χ1v) is 10.0. The minimum absolute atomic E-state index is 0.239. The van der Waals surface area contributed by atoms with Crippen LogP contribution in [0.15, 0.2) is 24.3 Å². The number of hydrogen-bond acceptors (Lipinski definition) is 3. The van der Waals surface area contributed by atoms with Crippen LogP contribution in [0.1, 0.15) is 71.1 Å². The molecule has 0 radical (unpaired) electrons. The van der Waals surface area contributed by atoms with E-state index in [9.17, 15) is 9.90 Å². The molecule has 0 aromatic heterocycles. The molecule has 4 nitrogen and oxygen atoms in total. The van der Waals surface area contributed by atoms with E-state index in [2.05, 4.69) is 25.2 Å². The van der Waals surface area contributed by atoms with Gasteiger partial charge in [-0.05, 0) is 44.4 Å². The summed E-state index contributed by atoms with van der Waals surface area (Å²) >= 11 is 0. The number of carboxylic acids is 1. The van der Waals surface area contributed by atoms with Crippen LogP contribution in [0.5, 0.6) is 0 Å². The Labute approximate surface area is 152 Å². The fourth-order valence-corrected chi connectivity index (χ4v) is 4.09. The van der Waals surface area contributed by atoms with Crippen molar-refractivity contribution >= 4 is 5.97 Å². The van der Waals surface area contributed by atoms with Crippen molar-refractivity contribution in [3.05, 3.63) is 24.3 Å². The van der Waals surface area contributed by atoms with E-state index in [4.69, 9.17) is 9.84 Å². The summed E-state index contributed by atoms with van der Waals surface area (Å²) in [4.78, 5) is 10.5. The number of aliphatic carboxylic acids is 1. The highest BCUT2D eigenvalue weighted by molar-refractivity contribution is 5.66. The van der Waals surface area contributed by atoms with Crippen LogP contribution in [0.4, 0.5) is 0 Å². The maximum Gasteiger partial charge on any atom is 0.303 e. The number of aliphatic hydroxyl groups excluding tert-OH is 1. The van der Waals surface area contributed by atoms with Crippen molar-refractivity contribution in [2.24, 2.45) is 11.8 Å². The molecule has 2 heterocycles. The van der Waals surface area contributed by atoms with Crippen molar-refractivity contribution in [1.29, 1.82) is 0 Å². The molecule has 2 saturated heterocycles. The Morgan fingerprint density at radius 3 is 2.76 bits per heavy atom. The molecule has 0 amide bonds. The highest BCUT2D eigenvalue weighted by atomic mass is 16.5. The molecule has 2 N–H and O–H groups in total. The average molecular weight is 350 g/mol. The predicted molar refractivity (Wildman–Crippen MR) is 99.4 cm³/mol. The minimum Gasteiger partial charge on any atom is -0.481 e. The third-order valence-electron chi connectivity index (χ3n) is 5.48. The van der Waals surface area contributed by atoms with Crippen LogP contribution in [-0.4, -0.2) is 34.5 Å². The molecule has 0 aliphatic carbocycles. The molecule has 2 rings (SSSR count). The number of rotatable bonds is 12. The van der Waals surface area contributed by atoms with Gasteiger partial charge in [-0.1, -0.05) is 50.5 Å². The van der Waals surface area contributed by atoms with Gasteiger partial charge >= 0.3 is 5.97 Å². The van der Waals surface area contributed by atoms with Crippen molar-refractivity contribution in [2.75, 3.05) is 0 Å². The standard InChI is InChI=1S/C21H34O4/c1-2-3-6-9-16(22)12-13-18-17(19-14-15-20(18)25-19)10-7-4-5-8-11-21(23)24/h4,7,12-13,16-20,22H,2-3,5-6,8-11,14-15H2,1H3,(H,23,24)/b7-4-,13-12+/t16-,17-,18+,19?,20?/m0/s1. The van der Waals surface area contributed by atoms with E-state index in [1.165, 1.54) is 12.8 Å². The van der Waals surface area contributed by atoms with Gasteiger partial charge in [0.2, 0.25) is 0 Å². The summed E-state index contributed by atoms with van der Waals surface area (Å²) in [6.45, 7) is 2.18. The second-order valence-electron chi connectivity index (χ2n) is 7.47. The molecule has 2 aliphatic rings. The first-order chi connectivity index (χ1) is 12.1. The van der Waals surface area contributed by atoms with Gasteiger partial charge in [-0.15, -0.1) is 0 Å². The number of carboxylic acid groups (broad SMARTS) is 1. The fourth-order valence-electron chi connectivity index (χ4n) is 4.09. The average Bonchev–Trinajstić information content (AvgIpc) is 3.17. The van der Waals surface area contributed by atoms with Gasteiger partial charge in [-0.2, -0.15) is 0 Å². The van der Waals surface area contributed by atoms with Gasteiger partial charge in [0.25, 0.3) is 0 Å². The van der Waals surface area contributed by atoms with Crippen LogP contribution in [0, 0.1) is 11.8 Å². The van der Waals surface area contributed by atoms with Gasteiger partial charge in [0, 0.05) is 12.3 Å². The Bertz CT molecular complexity index is 457. The summed E-state index contributed by atoms with van der Waals surface area (Å²) in [5.74, 6) is 0.175. The number of ether oxygens (including phenoxy) is 1. The van der Waals surface area contributed by atoms with Crippen molar-refractivity contribution in [3.8, 4) is 0 Å². The first kappa shape index (κ1) is 20.2. The third kappa shape index (κ3) is 6.59. The van der Waals surface area contributed by atoms with E-state index in [0.717, 1.165) is 38.5 Å². The molecule has 142 valence electrons. The summed E-state index contributed by atoms with van der Waals surface area (Å²) in [5, 5.41) is 18.8. The molecule has 0 aromatic carbocycles. The van der Waals surface area contributed by atoms with Gasteiger partial charge in [0.05, 0.1) is 18.3 Å². The number of hydrogen-bond donors (Lipinski definition) is 2. The zero-order valence-electron chi connectivity index (χ0n) is 15.5. The largest absolute Gasteiger partial charge is 0.481 e. The summed E-state index contributed by atoms with van der Waals surface area (Å²) in [6.07, 6.45) is 18.1. The quantitative estimate of drug-likeness (QED) is 0.402. The third-order valence-corrected chi connectivity index (χ3v) is 5.48. The van der Waals surface area contributed by atoms with Gasteiger partial charge < -0.3 is 14.9 Å². The number of aliphatic hydroxyl groups is 1. The van der Waals surface area contributed by atoms with Gasteiger partial charge in [0.1, 0.15) is 0 Å². The molecule has 2 aliphatic heterocycles. The van der Waals surface area contributed by atoms with Crippen molar-refractivity contribution in [1.82, 2.24) is 0 Å². The number of fused-ring (bicyclic) bond motifs is 2. The van der Waals surface area contributed by atoms with E-state index < -0.39 is 5.97 Å². The molecule has 2 bridgehead atoms. The zero-order chi connectivity index (χ0) is 18.1. The number of unbranched alkanes of at least 4 members (excludes halogenated alkanes) is 3. The van der Waals surface area contributed by atoms with Crippen LogP contribution in [-0.2, 0) is 9.53 Å². The van der Waals surface area contributed by atoms with Crippen LogP contribution in [0.3, 0.4) is 0 Å². The zero-order valence-corrected chi connectivity index (χ0v) is 15.5. The summed E-state index contributed by atoms with van der Waals surface area (Å²) < 4.78 is 6.09. The minimum atomic E-state index is -0.724. The second-order valence-corrected chi connectivity index (χ2v) is 7.47. The van der Waals surface area contributed by atoms with Crippen LogP contribution < -0.4 is 0 Å². The van der Waals surface area contributed by atoms with Crippen LogP contribution >= 0.6 is 0 Å². The Kier molecular flexibility index (Phi) is 8.70. The summed E-state index contributed by atoms with van der Waals surface area (Å²) in [6, 6.07) is 0. The SMILES string of the molecule is CCCCC[C@H](O)/C=C/[C@H]1C2CCC(O2)[C@H]1C/C=C\CCCC(=O)O. The molecule has 5 atom stereocenters. The Hall–Kier alpha value is -1.13. The molecular formula is C21H34O4. The maximum atomic E-state index is 10.5. The highest BCUT2D eigenvalue weighted by Crippen LogP contribution is 2.45. The lowest BCUT2D eigenvalue weighted by atomic mass is 9.77. The Morgan fingerprint density at radius 2 is 2.00 bits per heavy atom. The normalized spacial score (nSPS) is 29.8. The predicted octanol–water partition coefficient (Wildman–Crippen LogP) is 4.48. The topological polar surface area (TPSA) is 66.8 Å². The Balaban J connectivity index is 1.78. The van der Waals surface area contributed by atoms with Crippen LogP contribution in [0.2, 0.25) is 0 Å². The van der Waals surface area contributed by atoms with Crippen LogP contribution in [0.25, 0.3) is 0 Å². The maximum absolute atomic E-state index is 10.5. The lowest BCUT2D eigenvalue weighted by molar-refractivity contribution is -0.137. The van der Waals surface area contributed by atoms with Gasteiger partial charge in [-0.25, -0.2) is 0 Å². The lowest BCUT2D eigenvalue weighted by Gasteiger charge is -2.25. The molecule has 0 saturated carbocycles. The molecule has 25 heavy (non-hydrogen) atoms. The highest BCUT2D eigenvalue weighted by Gasteiger charge is 2.46. The lowest BCUT2D eigenvalue weighted by Crippen LogP contribution is -2.25.